The van der Waals surface area contributed by atoms with Gasteiger partial charge in [0.2, 0.25) is 0 Å². The average Bonchev–Trinajstić information content (AvgIpc) is 2.69. The van der Waals surface area contributed by atoms with Gasteiger partial charge in [-0.3, -0.25) is 4.79 Å². The van der Waals surface area contributed by atoms with Gasteiger partial charge in [-0.1, -0.05) is 11.6 Å². The van der Waals surface area contributed by atoms with E-state index >= 15 is 0 Å². The van der Waals surface area contributed by atoms with Crippen molar-refractivity contribution in [2.45, 2.75) is 0 Å². The second-order valence-electron chi connectivity index (χ2n) is 5.46. The summed E-state index contributed by atoms with van der Waals surface area (Å²) in [4.78, 5) is 12.4. The van der Waals surface area contributed by atoms with E-state index in [-0.39, 0.29) is 5.69 Å². The first-order valence-electron chi connectivity index (χ1n) is 7.99. The summed E-state index contributed by atoms with van der Waals surface area (Å²) in [5.41, 5.74) is 1.44. The van der Waals surface area contributed by atoms with Crippen LogP contribution in [-0.2, 0) is 0 Å². The second kappa shape index (κ2) is 8.37. The third-order valence-electron chi connectivity index (χ3n) is 3.67. The van der Waals surface area contributed by atoms with E-state index in [1.54, 1.807) is 37.4 Å². The number of halogens is 1. The lowest BCUT2D eigenvalue weighted by atomic mass is 10.2. The highest BCUT2D eigenvalue weighted by Crippen LogP contribution is 2.28. The molecule has 1 heterocycles. The van der Waals surface area contributed by atoms with Crippen molar-refractivity contribution >= 4 is 34.7 Å². The molecule has 7 nitrogen and oxygen atoms in total. The molecule has 8 heteroatoms. The summed E-state index contributed by atoms with van der Waals surface area (Å²) in [5, 5.41) is 14.3. The number of hydrogen-bond acceptors (Lipinski definition) is 6. The highest BCUT2D eigenvalue weighted by Gasteiger charge is 2.12. The van der Waals surface area contributed by atoms with Crippen LogP contribution in [0.3, 0.4) is 0 Å². The van der Waals surface area contributed by atoms with E-state index in [1.807, 2.05) is 24.3 Å². The number of carbonyl (C=O) groups is 1. The number of hydrogen-bond donors (Lipinski definition) is 2. The zero-order valence-electron chi connectivity index (χ0n) is 14.7. The number of amides is 1. The molecule has 0 bridgehead atoms. The van der Waals surface area contributed by atoms with E-state index in [0.29, 0.717) is 22.3 Å². The molecule has 0 radical (unpaired) electrons. The van der Waals surface area contributed by atoms with Gasteiger partial charge < -0.3 is 20.1 Å². The lowest BCUT2D eigenvalue weighted by Gasteiger charge is -2.10. The third-order valence-corrected chi connectivity index (χ3v) is 3.90. The minimum atomic E-state index is -0.418. The van der Waals surface area contributed by atoms with Crippen molar-refractivity contribution in [2.24, 2.45) is 0 Å². The molecule has 0 unspecified atom stereocenters. The predicted octanol–water partition coefficient (Wildman–Crippen LogP) is 4.14. The van der Waals surface area contributed by atoms with Gasteiger partial charge in [0, 0.05) is 10.7 Å². The molecule has 0 fully saturated rings. The fourth-order valence-electron chi connectivity index (χ4n) is 2.31. The molecule has 2 N–H and O–H groups in total. The van der Waals surface area contributed by atoms with Crippen LogP contribution in [0.1, 0.15) is 10.5 Å². The summed E-state index contributed by atoms with van der Waals surface area (Å²) in [5.74, 6) is 1.35. The number of aromatic nitrogens is 2. The first-order chi connectivity index (χ1) is 13.1. The van der Waals surface area contributed by atoms with Crippen molar-refractivity contribution in [1.82, 2.24) is 10.2 Å². The fourth-order valence-corrected chi connectivity index (χ4v) is 2.48. The fraction of sp³-hybridized carbons (Fsp3) is 0.105. The third kappa shape index (κ3) is 4.65. The summed E-state index contributed by atoms with van der Waals surface area (Å²) in [7, 11) is 3.12. The molecule has 0 aliphatic carbocycles. The smallest absolute Gasteiger partial charge is 0.276 e. The summed E-state index contributed by atoms with van der Waals surface area (Å²) in [6, 6.07) is 15.6. The van der Waals surface area contributed by atoms with Gasteiger partial charge in [0.25, 0.3) is 5.91 Å². The van der Waals surface area contributed by atoms with Crippen molar-refractivity contribution < 1.29 is 14.3 Å². The molecule has 0 atom stereocenters. The Balaban J connectivity index is 1.69. The number of rotatable bonds is 6. The van der Waals surface area contributed by atoms with Crippen molar-refractivity contribution in [3.63, 3.8) is 0 Å². The van der Waals surface area contributed by atoms with Crippen molar-refractivity contribution in [2.75, 3.05) is 24.9 Å². The van der Waals surface area contributed by atoms with E-state index in [1.165, 1.54) is 7.11 Å². The maximum absolute atomic E-state index is 12.4. The largest absolute Gasteiger partial charge is 0.497 e. The molecule has 1 amide bonds. The van der Waals surface area contributed by atoms with E-state index < -0.39 is 5.91 Å². The number of anilines is 3. The summed E-state index contributed by atoms with van der Waals surface area (Å²) >= 11 is 5.97. The number of benzene rings is 2. The van der Waals surface area contributed by atoms with Crippen molar-refractivity contribution in [3.05, 3.63) is 65.3 Å². The maximum Gasteiger partial charge on any atom is 0.276 e. The van der Waals surface area contributed by atoms with Crippen LogP contribution in [0.25, 0.3) is 0 Å². The number of ether oxygens (including phenoxy) is 2. The van der Waals surface area contributed by atoms with Gasteiger partial charge in [0.1, 0.15) is 11.5 Å². The molecule has 3 rings (SSSR count). The summed E-state index contributed by atoms with van der Waals surface area (Å²) in [6.07, 6.45) is 0. The first kappa shape index (κ1) is 18.5. The Morgan fingerprint density at radius 1 is 0.963 bits per heavy atom. The number of nitrogens with one attached hydrogen (secondary N) is 2. The van der Waals surface area contributed by atoms with Crippen LogP contribution < -0.4 is 20.1 Å². The number of methoxy groups -OCH3 is 2. The molecule has 27 heavy (non-hydrogen) atoms. The maximum atomic E-state index is 12.4. The van der Waals surface area contributed by atoms with Gasteiger partial charge in [0.05, 0.1) is 19.9 Å². The molecule has 0 aliphatic rings. The van der Waals surface area contributed by atoms with Gasteiger partial charge in [-0.25, -0.2) is 0 Å². The molecular formula is C19H17ClN4O3. The van der Waals surface area contributed by atoms with Crippen molar-refractivity contribution in [1.29, 1.82) is 0 Å². The molecule has 3 aromatic rings. The van der Waals surface area contributed by atoms with Gasteiger partial charge in [-0.15, -0.1) is 10.2 Å². The van der Waals surface area contributed by atoms with Crippen LogP contribution in [-0.4, -0.2) is 30.3 Å². The molecule has 138 valence electrons. The lowest BCUT2D eigenvalue weighted by molar-refractivity contribution is 0.102. The highest BCUT2D eigenvalue weighted by atomic mass is 35.5. The standard InChI is InChI=1S/C19H17ClN4O3/c1-26-14-6-4-13(5-7-14)21-18-10-8-15(23-24-18)19(25)22-16-11-12(20)3-9-17(16)27-2/h3-11H,1-2H3,(H,21,24)(H,22,25). The minimum absolute atomic E-state index is 0.164. The highest BCUT2D eigenvalue weighted by molar-refractivity contribution is 6.31. The number of nitrogens with zero attached hydrogens (tertiary/aromatic N) is 2. The van der Waals surface area contributed by atoms with E-state index in [2.05, 4.69) is 20.8 Å². The van der Waals surface area contributed by atoms with Crippen LogP contribution in [0.4, 0.5) is 17.2 Å². The molecule has 0 saturated heterocycles. The van der Waals surface area contributed by atoms with Crippen molar-refractivity contribution in [3.8, 4) is 11.5 Å². The Morgan fingerprint density at radius 3 is 2.37 bits per heavy atom. The Kier molecular flexibility index (Phi) is 5.73. The van der Waals surface area contributed by atoms with Gasteiger partial charge >= 0.3 is 0 Å². The van der Waals surface area contributed by atoms with Crippen LogP contribution >= 0.6 is 11.6 Å². The monoisotopic (exact) mass is 384 g/mol. The summed E-state index contributed by atoms with van der Waals surface area (Å²) < 4.78 is 10.3. The normalized spacial score (nSPS) is 10.2. The topological polar surface area (TPSA) is 85.4 Å². The zero-order valence-corrected chi connectivity index (χ0v) is 15.4. The van der Waals surface area contributed by atoms with Gasteiger partial charge in [-0.2, -0.15) is 0 Å². The molecule has 1 aromatic heterocycles. The second-order valence-corrected chi connectivity index (χ2v) is 5.89. The molecule has 2 aromatic carbocycles. The SMILES string of the molecule is COc1ccc(Nc2ccc(C(=O)Nc3cc(Cl)ccc3OC)nn2)cc1. The molecule has 0 saturated carbocycles. The van der Waals surface area contributed by atoms with Crippen LogP contribution in [0.2, 0.25) is 5.02 Å². The Bertz CT molecular complexity index is 931. The molecule has 0 aliphatic heterocycles. The summed E-state index contributed by atoms with van der Waals surface area (Å²) in [6.45, 7) is 0. The molecule has 0 spiro atoms. The Morgan fingerprint density at radius 2 is 1.74 bits per heavy atom. The van der Waals surface area contributed by atoms with Gasteiger partial charge in [-0.05, 0) is 54.6 Å². The Hall–Kier alpha value is -3.32. The average molecular weight is 385 g/mol. The van der Waals surface area contributed by atoms with E-state index in [9.17, 15) is 4.79 Å². The first-order valence-corrected chi connectivity index (χ1v) is 8.36. The Labute approximate surface area is 161 Å². The van der Waals surface area contributed by atoms with E-state index in [4.69, 9.17) is 21.1 Å². The van der Waals surface area contributed by atoms with Crippen LogP contribution in [0.5, 0.6) is 11.5 Å². The van der Waals surface area contributed by atoms with Gasteiger partial charge in [0.15, 0.2) is 11.5 Å². The minimum Gasteiger partial charge on any atom is -0.497 e. The quantitative estimate of drug-likeness (QED) is 0.664. The predicted molar refractivity (Wildman–Crippen MR) is 104 cm³/mol. The van der Waals surface area contributed by atoms with Crippen LogP contribution in [0.15, 0.2) is 54.6 Å². The van der Waals surface area contributed by atoms with E-state index in [0.717, 1.165) is 11.4 Å². The lowest BCUT2D eigenvalue weighted by Crippen LogP contribution is -2.15. The molecular weight excluding hydrogens is 368 g/mol. The zero-order chi connectivity index (χ0) is 19.2. The number of carbonyl (C=O) groups excluding carboxylic acids is 1. The van der Waals surface area contributed by atoms with Crippen LogP contribution in [0, 0.1) is 0 Å².